The van der Waals surface area contributed by atoms with Crippen LogP contribution in [0.15, 0.2) is 53.5 Å². The maximum absolute atomic E-state index is 13.2. The fourth-order valence-corrected chi connectivity index (χ4v) is 3.35. The number of nitrogen functional groups attached to an aromatic ring is 1. The number of nitrogens with two attached hydrogens (primary N) is 1. The predicted molar refractivity (Wildman–Crippen MR) is 122 cm³/mol. The largest absolute Gasteiger partial charge is 0.382 e. The van der Waals surface area contributed by atoms with Crippen molar-refractivity contribution in [3.63, 3.8) is 0 Å². The van der Waals surface area contributed by atoms with Gasteiger partial charge in [0.05, 0.1) is 29.5 Å². The SMILES string of the molecule is CC(=O)NCc1ccc2c(N)nn(-n3c(C)cnc(NCCc4ccccc4)c3=O)c2n1. The molecule has 32 heavy (non-hydrogen) atoms. The summed E-state index contributed by atoms with van der Waals surface area (Å²) in [4.78, 5) is 34.7. The fraction of sp³-hybridized carbons (Fsp3) is 0.227. The van der Waals surface area contributed by atoms with Crippen molar-refractivity contribution in [2.45, 2.75) is 26.8 Å². The number of carbonyl (C=O) groups excluding carboxylic acids is 1. The van der Waals surface area contributed by atoms with Gasteiger partial charge in [-0.05, 0) is 31.0 Å². The molecule has 10 nitrogen and oxygen atoms in total. The third-order valence-corrected chi connectivity index (χ3v) is 4.97. The summed E-state index contributed by atoms with van der Waals surface area (Å²) in [5, 5.41) is 10.8. The molecule has 0 unspecified atom stereocenters. The van der Waals surface area contributed by atoms with E-state index in [1.54, 1.807) is 25.3 Å². The highest BCUT2D eigenvalue weighted by Gasteiger charge is 2.17. The Morgan fingerprint density at radius 2 is 1.94 bits per heavy atom. The molecule has 4 rings (SSSR count). The molecule has 0 aliphatic carbocycles. The van der Waals surface area contributed by atoms with Gasteiger partial charge >= 0.3 is 5.56 Å². The number of nitrogens with one attached hydrogen (secondary N) is 2. The molecule has 10 heteroatoms. The van der Waals surface area contributed by atoms with E-state index in [2.05, 4.69) is 25.7 Å². The zero-order chi connectivity index (χ0) is 22.7. The highest BCUT2D eigenvalue weighted by Crippen LogP contribution is 2.19. The minimum Gasteiger partial charge on any atom is -0.382 e. The van der Waals surface area contributed by atoms with Crippen molar-refractivity contribution in [3.05, 3.63) is 76.0 Å². The molecule has 0 saturated carbocycles. The molecule has 1 aromatic carbocycles. The topological polar surface area (TPSA) is 133 Å². The van der Waals surface area contributed by atoms with E-state index >= 15 is 0 Å². The zero-order valence-corrected chi connectivity index (χ0v) is 17.9. The van der Waals surface area contributed by atoms with E-state index in [-0.39, 0.29) is 29.6 Å². The first-order valence-corrected chi connectivity index (χ1v) is 10.2. The lowest BCUT2D eigenvalue weighted by molar-refractivity contribution is -0.119. The summed E-state index contributed by atoms with van der Waals surface area (Å²) in [5.41, 5.74) is 8.48. The third kappa shape index (κ3) is 4.29. The Hall–Kier alpha value is -4.21. The summed E-state index contributed by atoms with van der Waals surface area (Å²) in [6, 6.07) is 13.5. The second-order valence-electron chi connectivity index (χ2n) is 7.39. The van der Waals surface area contributed by atoms with Crippen LogP contribution in [0.25, 0.3) is 11.0 Å². The van der Waals surface area contributed by atoms with E-state index in [1.807, 2.05) is 30.3 Å². The number of rotatable bonds is 7. The number of amides is 1. The van der Waals surface area contributed by atoms with Crippen LogP contribution in [-0.4, -0.2) is 37.0 Å². The van der Waals surface area contributed by atoms with Crippen LogP contribution in [0.3, 0.4) is 0 Å². The first kappa shape index (κ1) is 21.0. The van der Waals surface area contributed by atoms with Crippen LogP contribution < -0.4 is 21.9 Å². The summed E-state index contributed by atoms with van der Waals surface area (Å²) < 4.78 is 1.38. The second kappa shape index (κ2) is 8.88. The Balaban J connectivity index is 1.68. The van der Waals surface area contributed by atoms with Gasteiger partial charge in [-0.25, -0.2) is 9.97 Å². The van der Waals surface area contributed by atoms with Crippen LogP contribution in [-0.2, 0) is 17.8 Å². The third-order valence-electron chi connectivity index (χ3n) is 4.97. The number of benzene rings is 1. The maximum atomic E-state index is 13.2. The average Bonchev–Trinajstić information content (AvgIpc) is 3.10. The summed E-state index contributed by atoms with van der Waals surface area (Å²) in [5.74, 6) is 0.302. The van der Waals surface area contributed by atoms with E-state index in [1.165, 1.54) is 16.4 Å². The molecule has 0 fully saturated rings. The van der Waals surface area contributed by atoms with E-state index in [9.17, 15) is 9.59 Å². The van der Waals surface area contributed by atoms with Gasteiger partial charge in [0.2, 0.25) is 5.91 Å². The minimum atomic E-state index is -0.364. The molecule has 0 aliphatic heterocycles. The highest BCUT2D eigenvalue weighted by atomic mass is 16.1. The smallest absolute Gasteiger partial charge is 0.313 e. The summed E-state index contributed by atoms with van der Waals surface area (Å²) in [6.45, 7) is 4.00. The molecule has 164 valence electrons. The molecule has 1 amide bonds. The number of aromatic nitrogens is 5. The van der Waals surface area contributed by atoms with E-state index in [0.717, 1.165) is 12.0 Å². The quantitative estimate of drug-likeness (QED) is 0.403. The van der Waals surface area contributed by atoms with E-state index in [0.29, 0.717) is 29.0 Å². The van der Waals surface area contributed by atoms with Gasteiger partial charge in [0.25, 0.3) is 0 Å². The lowest BCUT2D eigenvalue weighted by atomic mass is 10.1. The number of nitrogens with zero attached hydrogens (tertiary/aromatic N) is 5. The zero-order valence-electron chi connectivity index (χ0n) is 17.9. The number of pyridine rings is 1. The maximum Gasteiger partial charge on any atom is 0.313 e. The first-order chi connectivity index (χ1) is 15.4. The van der Waals surface area contributed by atoms with Gasteiger partial charge in [-0.3, -0.25) is 9.59 Å². The van der Waals surface area contributed by atoms with E-state index < -0.39 is 0 Å². The van der Waals surface area contributed by atoms with Crippen LogP contribution in [0.5, 0.6) is 0 Å². The van der Waals surface area contributed by atoms with Crippen molar-refractivity contribution in [1.82, 2.24) is 29.9 Å². The Morgan fingerprint density at radius 3 is 2.69 bits per heavy atom. The first-order valence-electron chi connectivity index (χ1n) is 10.2. The molecule has 0 atom stereocenters. The van der Waals surface area contributed by atoms with Crippen LogP contribution in [0, 0.1) is 6.92 Å². The lowest BCUT2D eigenvalue weighted by Crippen LogP contribution is -2.32. The molecular formula is C22H24N8O2. The molecule has 0 saturated heterocycles. The van der Waals surface area contributed by atoms with Crippen molar-refractivity contribution >= 4 is 28.6 Å². The second-order valence-corrected chi connectivity index (χ2v) is 7.39. The number of aryl methyl sites for hydroxylation is 1. The van der Waals surface area contributed by atoms with Gasteiger partial charge in [-0.2, -0.15) is 4.68 Å². The number of hydrogen-bond acceptors (Lipinski definition) is 7. The molecule has 0 bridgehead atoms. The number of fused-ring (bicyclic) bond motifs is 1. The van der Waals surface area contributed by atoms with E-state index in [4.69, 9.17) is 5.73 Å². The predicted octanol–water partition coefficient (Wildman–Crippen LogP) is 1.48. The molecular weight excluding hydrogens is 408 g/mol. The molecule has 0 radical (unpaired) electrons. The Labute approximate surface area is 184 Å². The Kier molecular flexibility index (Phi) is 5.84. The van der Waals surface area contributed by atoms with Crippen molar-refractivity contribution < 1.29 is 4.79 Å². The number of carbonyl (C=O) groups is 1. The highest BCUT2D eigenvalue weighted by molar-refractivity contribution is 5.86. The van der Waals surface area contributed by atoms with Gasteiger partial charge in [0.15, 0.2) is 17.3 Å². The summed E-state index contributed by atoms with van der Waals surface area (Å²) in [7, 11) is 0. The van der Waals surface area contributed by atoms with Crippen LogP contribution in [0.2, 0.25) is 0 Å². The fourth-order valence-electron chi connectivity index (χ4n) is 3.35. The number of hydrogen-bond donors (Lipinski definition) is 3. The average molecular weight is 432 g/mol. The van der Waals surface area contributed by atoms with Crippen molar-refractivity contribution in [1.29, 1.82) is 0 Å². The Morgan fingerprint density at radius 1 is 1.16 bits per heavy atom. The van der Waals surface area contributed by atoms with Crippen LogP contribution >= 0.6 is 0 Å². The molecule has 4 N–H and O–H groups in total. The monoisotopic (exact) mass is 432 g/mol. The normalized spacial score (nSPS) is 10.9. The van der Waals surface area contributed by atoms with Crippen molar-refractivity contribution in [2.75, 3.05) is 17.6 Å². The van der Waals surface area contributed by atoms with Crippen molar-refractivity contribution in [3.8, 4) is 0 Å². The number of anilines is 2. The molecule has 0 aliphatic rings. The minimum absolute atomic E-state index is 0.160. The summed E-state index contributed by atoms with van der Waals surface area (Å²) in [6.07, 6.45) is 2.35. The summed E-state index contributed by atoms with van der Waals surface area (Å²) >= 11 is 0. The van der Waals surface area contributed by atoms with Gasteiger partial charge in [-0.1, -0.05) is 30.3 Å². The van der Waals surface area contributed by atoms with Gasteiger partial charge in [0, 0.05) is 13.5 Å². The Bertz CT molecular complexity index is 1330. The molecule has 0 spiro atoms. The van der Waals surface area contributed by atoms with Gasteiger partial charge < -0.3 is 16.4 Å². The van der Waals surface area contributed by atoms with Gasteiger partial charge in [0.1, 0.15) is 0 Å². The lowest BCUT2D eigenvalue weighted by Gasteiger charge is -2.13. The standard InChI is InChI=1S/C22H24N8O2/c1-14-12-26-20(24-11-10-16-6-4-3-5-7-16)22(32)29(14)30-21-18(19(23)28-30)9-8-17(27-21)13-25-15(2)31/h3-9,12H,10-11,13H2,1-2H3,(H2,23,28)(H,24,26)(H,25,31). The molecule has 4 aromatic rings. The molecule has 3 heterocycles. The van der Waals surface area contributed by atoms with Crippen LogP contribution in [0.4, 0.5) is 11.6 Å². The van der Waals surface area contributed by atoms with Gasteiger partial charge in [-0.15, -0.1) is 9.89 Å². The molecule has 3 aromatic heterocycles. The van der Waals surface area contributed by atoms with Crippen LogP contribution in [0.1, 0.15) is 23.9 Å². The van der Waals surface area contributed by atoms with Crippen molar-refractivity contribution in [2.24, 2.45) is 0 Å².